The molecule has 0 radical (unpaired) electrons. The lowest BCUT2D eigenvalue weighted by molar-refractivity contribution is -0.144. The number of aliphatic carboxylic acids is 1. The molecule has 1 aromatic heterocycles. The van der Waals surface area contributed by atoms with Crippen LogP contribution in [0.15, 0.2) is 0 Å². The lowest BCUT2D eigenvalue weighted by Crippen LogP contribution is -2.20. The summed E-state index contributed by atoms with van der Waals surface area (Å²) >= 11 is 0. The number of methoxy groups -OCH3 is 1. The second kappa shape index (κ2) is 4.99. The van der Waals surface area contributed by atoms with Crippen molar-refractivity contribution in [3.8, 4) is 0 Å². The van der Waals surface area contributed by atoms with E-state index in [0.29, 0.717) is 17.0 Å². The fourth-order valence-electron chi connectivity index (χ4n) is 1.75. The van der Waals surface area contributed by atoms with Crippen molar-refractivity contribution in [2.24, 2.45) is 0 Å². The van der Waals surface area contributed by atoms with E-state index in [1.165, 1.54) is 11.8 Å². The summed E-state index contributed by atoms with van der Waals surface area (Å²) in [6.45, 7) is 5.14. The van der Waals surface area contributed by atoms with Crippen molar-refractivity contribution in [3.05, 3.63) is 17.0 Å². The Hall–Kier alpha value is -1.85. The van der Waals surface area contributed by atoms with E-state index in [-0.39, 0.29) is 6.42 Å². The third-order valence-electron chi connectivity index (χ3n) is 2.71. The number of carboxylic acid groups (broad SMARTS) is 1. The number of carbonyl (C=O) groups excluding carboxylic acids is 1. The lowest BCUT2D eigenvalue weighted by Gasteiger charge is -2.11. The number of carboxylic acids is 1. The van der Waals surface area contributed by atoms with E-state index in [1.54, 1.807) is 20.8 Å². The molecule has 1 aromatic rings. The minimum Gasteiger partial charge on any atom is -0.481 e. The number of esters is 1. The molecule has 0 amide bonds. The van der Waals surface area contributed by atoms with E-state index in [4.69, 9.17) is 5.11 Å². The fraction of sp³-hybridized carbons (Fsp3) is 0.545. The van der Waals surface area contributed by atoms with Gasteiger partial charge in [-0.3, -0.25) is 9.48 Å². The highest BCUT2D eigenvalue weighted by molar-refractivity contribution is 5.74. The molecule has 0 aliphatic rings. The summed E-state index contributed by atoms with van der Waals surface area (Å²) in [5, 5.41) is 13.0. The van der Waals surface area contributed by atoms with Gasteiger partial charge < -0.3 is 9.84 Å². The van der Waals surface area contributed by atoms with Gasteiger partial charge in [-0.2, -0.15) is 5.10 Å². The smallest absolute Gasteiger partial charge is 0.330 e. The van der Waals surface area contributed by atoms with Gasteiger partial charge in [-0.15, -0.1) is 0 Å². The molecule has 1 atom stereocenters. The van der Waals surface area contributed by atoms with Gasteiger partial charge in [0.15, 0.2) is 0 Å². The average molecular weight is 240 g/mol. The number of hydrogen-bond acceptors (Lipinski definition) is 4. The van der Waals surface area contributed by atoms with Crippen molar-refractivity contribution >= 4 is 11.9 Å². The molecule has 1 N–H and O–H groups in total. The predicted molar refractivity (Wildman–Crippen MR) is 59.8 cm³/mol. The van der Waals surface area contributed by atoms with Crippen LogP contribution in [0.2, 0.25) is 0 Å². The summed E-state index contributed by atoms with van der Waals surface area (Å²) in [5.41, 5.74) is 1.96. The lowest BCUT2D eigenvalue weighted by atomic mass is 10.1. The highest BCUT2D eigenvalue weighted by Crippen LogP contribution is 2.18. The Kier molecular flexibility index (Phi) is 3.88. The van der Waals surface area contributed by atoms with E-state index >= 15 is 0 Å². The number of aromatic nitrogens is 2. The maximum atomic E-state index is 11.4. The maximum absolute atomic E-state index is 11.4. The van der Waals surface area contributed by atoms with E-state index < -0.39 is 18.0 Å². The summed E-state index contributed by atoms with van der Waals surface area (Å²) in [5.74, 6) is -1.32. The molecule has 0 bridgehead atoms. The monoisotopic (exact) mass is 240 g/mol. The van der Waals surface area contributed by atoms with Crippen LogP contribution < -0.4 is 0 Å². The molecule has 0 aliphatic heterocycles. The second-order valence-corrected chi connectivity index (χ2v) is 3.86. The molecule has 0 aliphatic carbocycles. The molecule has 17 heavy (non-hydrogen) atoms. The van der Waals surface area contributed by atoms with Gasteiger partial charge in [-0.1, -0.05) is 0 Å². The van der Waals surface area contributed by atoms with Crippen LogP contribution in [0.4, 0.5) is 0 Å². The normalized spacial score (nSPS) is 12.2. The summed E-state index contributed by atoms with van der Waals surface area (Å²) in [6.07, 6.45) is -0.0917. The van der Waals surface area contributed by atoms with E-state index in [0.717, 1.165) is 0 Å². The van der Waals surface area contributed by atoms with Gasteiger partial charge in [-0.25, -0.2) is 4.79 Å². The minimum atomic E-state index is -0.915. The van der Waals surface area contributed by atoms with Crippen LogP contribution in [0.5, 0.6) is 0 Å². The largest absolute Gasteiger partial charge is 0.481 e. The van der Waals surface area contributed by atoms with E-state index in [1.807, 2.05) is 0 Å². The number of ether oxygens (including phenoxy) is 1. The molecular formula is C11H16N2O4. The Morgan fingerprint density at radius 3 is 2.53 bits per heavy atom. The van der Waals surface area contributed by atoms with Crippen molar-refractivity contribution in [3.63, 3.8) is 0 Å². The third-order valence-corrected chi connectivity index (χ3v) is 2.71. The van der Waals surface area contributed by atoms with Crippen LogP contribution in [0.1, 0.15) is 29.9 Å². The zero-order valence-corrected chi connectivity index (χ0v) is 10.4. The first-order valence-electron chi connectivity index (χ1n) is 5.22. The molecule has 1 rings (SSSR count). The Morgan fingerprint density at radius 1 is 1.47 bits per heavy atom. The van der Waals surface area contributed by atoms with Gasteiger partial charge in [-0.05, 0) is 20.8 Å². The minimum absolute atomic E-state index is 0.0917. The third kappa shape index (κ3) is 2.64. The molecule has 0 fully saturated rings. The molecule has 94 valence electrons. The van der Waals surface area contributed by atoms with Crippen LogP contribution in [0.3, 0.4) is 0 Å². The van der Waals surface area contributed by atoms with Gasteiger partial charge in [0.1, 0.15) is 6.04 Å². The molecule has 0 aromatic carbocycles. The fourth-order valence-corrected chi connectivity index (χ4v) is 1.75. The Labute approximate surface area is 99.2 Å². The molecular weight excluding hydrogens is 224 g/mol. The SMILES string of the molecule is COC(=O)C(C)n1nc(C)c(CC(=O)O)c1C. The molecule has 0 saturated carbocycles. The van der Waals surface area contributed by atoms with Crippen molar-refractivity contribution < 1.29 is 19.4 Å². The zero-order valence-electron chi connectivity index (χ0n) is 10.4. The van der Waals surface area contributed by atoms with Gasteiger partial charge in [0.2, 0.25) is 0 Å². The topological polar surface area (TPSA) is 81.4 Å². The first kappa shape index (κ1) is 13.2. The summed E-state index contributed by atoms with van der Waals surface area (Å²) < 4.78 is 6.13. The number of hydrogen-bond donors (Lipinski definition) is 1. The molecule has 0 spiro atoms. The summed E-state index contributed by atoms with van der Waals surface area (Å²) in [7, 11) is 1.31. The average Bonchev–Trinajstić information content (AvgIpc) is 2.54. The van der Waals surface area contributed by atoms with Gasteiger partial charge in [0, 0.05) is 11.3 Å². The quantitative estimate of drug-likeness (QED) is 0.789. The highest BCUT2D eigenvalue weighted by Gasteiger charge is 2.22. The van der Waals surface area contributed by atoms with Crippen molar-refractivity contribution in [1.82, 2.24) is 9.78 Å². The van der Waals surface area contributed by atoms with E-state index in [2.05, 4.69) is 9.84 Å². The predicted octanol–water partition coefficient (Wildman–Crippen LogP) is 0.861. The van der Waals surface area contributed by atoms with Crippen molar-refractivity contribution in [1.29, 1.82) is 0 Å². The number of aryl methyl sites for hydroxylation is 1. The van der Waals surface area contributed by atoms with E-state index in [9.17, 15) is 9.59 Å². The highest BCUT2D eigenvalue weighted by atomic mass is 16.5. The molecule has 1 heterocycles. The number of rotatable bonds is 4. The second-order valence-electron chi connectivity index (χ2n) is 3.86. The van der Waals surface area contributed by atoms with Crippen LogP contribution in [0.25, 0.3) is 0 Å². The van der Waals surface area contributed by atoms with Crippen molar-refractivity contribution in [2.45, 2.75) is 33.2 Å². The van der Waals surface area contributed by atoms with Crippen LogP contribution in [-0.4, -0.2) is 33.9 Å². The molecule has 0 saturated heterocycles. The van der Waals surface area contributed by atoms with Crippen LogP contribution >= 0.6 is 0 Å². The Balaban J connectivity index is 3.11. The van der Waals surface area contributed by atoms with Crippen molar-refractivity contribution in [2.75, 3.05) is 7.11 Å². The Morgan fingerprint density at radius 2 is 2.06 bits per heavy atom. The summed E-state index contributed by atoms with van der Waals surface area (Å²) in [6, 6.07) is -0.554. The van der Waals surface area contributed by atoms with Gasteiger partial charge in [0.25, 0.3) is 0 Å². The number of nitrogens with zero attached hydrogens (tertiary/aromatic N) is 2. The molecule has 6 heteroatoms. The first-order valence-corrected chi connectivity index (χ1v) is 5.22. The maximum Gasteiger partial charge on any atom is 0.330 e. The molecule has 6 nitrogen and oxygen atoms in total. The Bertz CT molecular complexity index is 451. The number of carbonyl (C=O) groups is 2. The van der Waals surface area contributed by atoms with Crippen LogP contribution in [0, 0.1) is 13.8 Å². The van der Waals surface area contributed by atoms with Gasteiger partial charge >= 0.3 is 11.9 Å². The zero-order chi connectivity index (χ0) is 13.2. The van der Waals surface area contributed by atoms with Gasteiger partial charge in [0.05, 0.1) is 19.2 Å². The standard InChI is InChI=1S/C11H16N2O4/c1-6-9(5-10(14)15)7(2)13(12-6)8(3)11(16)17-4/h8H,5H2,1-4H3,(H,14,15). The molecule has 1 unspecified atom stereocenters. The first-order chi connectivity index (χ1) is 7.88. The van der Waals surface area contributed by atoms with Crippen LogP contribution in [-0.2, 0) is 20.7 Å². The summed E-state index contributed by atoms with van der Waals surface area (Å²) in [4.78, 5) is 22.1.